The molecule has 0 bridgehead atoms. The lowest BCUT2D eigenvalue weighted by atomic mass is 9.88. The predicted molar refractivity (Wildman–Crippen MR) is 67.9 cm³/mol. The van der Waals surface area contributed by atoms with Crippen molar-refractivity contribution in [3.05, 3.63) is 28.3 Å². The minimum atomic E-state index is -4.46. The van der Waals surface area contributed by atoms with Crippen molar-refractivity contribution in [1.82, 2.24) is 5.32 Å². The zero-order valence-electron chi connectivity index (χ0n) is 10.5. The van der Waals surface area contributed by atoms with E-state index in [9.17, 15) is 13.2 Å². The second-order valence-corrected chi connectivity index (χ2v) is 5.03. The summed E-state index contributed by atoms with van der Waals surface area (Å²) in [7, 11) is 1.27. The van der Waals surface area contributed by atoms with Crippen LogP contribution in [0.4, 0.5) is 13.2 Å². The van der Waals surface area contributed by atoms with Gasteiger partial charge in [-0.15, -0.1) is 0 Å². The second kappa shape index (κ2) is 5.59. The fraction of sp³-hybridized carbons (Fsp3) is 0.538. The molecule has 1 aromatic rings. The molecule has 19 heavy (non-hydrogen) atoms. The molecule has 0 saturated carbocycles. The Balaban J connectivity index is 2.50. The van der Waals surface area contributed by atoms with E-state index in [4.69, 9.17) is 16.3 Å². The second-order valence-electron chi connectivity index (χ2n) is 4.60. The minimum Gasteiger partial charge on any atom is -0.496 e. The normalized spacial score (nSPS) is 17.5. The highest BCUT2D eigenvalue weighted by Gasteiger charge is 2.37. The highest BCUT2D eigenvalue weighted by Crippen LogP contribution is 2.43. The van der Waals surface area contributed by atoms with Crippen LogP contribution in [-0.4, -0.2) is 20.2 Å². The van der Waals surface area contributed by atoms with Crippen LogP contribution in [0.3, 0.4) is 0 Å². The summed E-state index contributed by atoms with van der Waals surface area (Å²) in [6.45, 7) is 1.59. The van der Waals surface area contributed by atoms with E-state index >= 15 is 0 Å². The number of benzene rings is 1. The van der Waals surface area contributed by atoms with Crippen molar-refractivity contribution in [2.45, 2.75) is 24.9 Å². The first-order valence-corrected chi connectivity index (χ1v) is 6.46. The Hall–Kier alpha value is -0.940. The van der Waals surface area contributed by atoms with Crippen molar-refractivity contribution < 1.29 is 17.9 Å². The summed E-state index contributed by atoms with van der Waals surface area (Å²) in [4.78, 5) is 0. The molecule has 1 N–H and O–H groups in total. The van der Waals surface area contributed by atoms with Crippen molar-refractivity contribution >= 4 is 11.6 Å². The third kappa shape index (κ3) is 3.15. The molecule has 1 aromatic carbocycles. The van der Waals surface area contributed by atoms with Crippen molar-refractivity contribution in [2.75, 3.05) is 20.2 Å². The number of rotatable bonds is 2. The van der Waals surface area contributed by atoms with Crippen LogP contribution in [0.2, 0.25) is 5.02 Å². The quantitative estimate of drug-likeness (QED) is 0.895. The maximum atomic E-state index is 13.0. The molecule has 106 valence electrons. The van der Waals surface area contributed by atoms with Crippen LogP contribution in [0.25, 0.3) is 0 Å². The van der Waals surface area contributed by atoms with Crippen LogP contribution < -0.4 is 10.1 Å². The van der Waals surface area contributed by atoms with Gasteiger partial charge in [-0.2, -0.15) is 13.2 Å². The molecule has 6 heteroatoms. The molecule has 0 unspecified atom stereocenters. The van der Waals surface area contributed by atoms with Gasteiger partial charge >= 0.3 is 6.18 Å². The van der Waals surface area contributed by atoms with E-state index in [2.05, 4.69) is 5.32 Å². The highest BCUT2D eigenvalue weighted by atomic mass is 35.5. The first kappa shape index (κ1) is 14.5. The van der Waals surface area contributed by atoms with Crippen molar-refractivity contribution in [1.29, 1.82) is 0 Å². The number of halogens is 4. The molecule has 1 aliphatic rings. The monoisotopic (exact) mass is 293 g/mol. The lowest BCUT2D eigenvalue weighted by Crippen LogP contribution is -2.27. The molecule has 0 atom stereocenters. The summed E-state index contributed by atoms with van der Waals surface area (Å²) in [5.41, 5.74) is -0.236. The van der Waals surface area contributed by atoms with E-state index in [1.807, 2.05) is 0 Å². The summed E-state index contributed by atoms with van der Waals surface area (Å²) < 4.78 is 44.0. The predicted octanol–water partition coefficient (Wildman–Crippen LogP) is 3.83. The Labute approximate surface area is 114 Å². The largest absolute Gasteiger partial charge is 0.496 e. The fourth-order valence-corrected chi connectivity index (χ4v) is 2.72. The molecular weight excluding hydrogens is 279 g/mol. The average molecular weight is 294 g/mol. The highest BCUT2D eigenvalue weighted by molar-refractivity contribution is 6.30. The molecule has 0 aliphatic carbocycles. The van der Waals surface area contributed by atoms with Gasteiger partial charge in [0.25, 0.3) is 0 Å². The molecular formula is C13H15ClF3NO. The maximum absolute atomic E-state index is 13.0. The topological polar surface area (TPSA) is 21.3 Å². The third-order valence-electron chi connectivity index (χ3n) is 3.37. The molecule has 2 rings (SSSR count). The molecule has 0 spiro atoms. The number of methoxy groups -OCH3 is 1. The first-order valence-electron chi connectivity index (χ1n) is 6.09. The zero-order valence-corrected chi connectivity index (χ0v) is 11.2. The van der Waals surface area contributed by atoms with E-state index in [0.29, 0.717) is 5.56 Å². The van der Waals surface area contributed by atoms with Gasteiger partial charge in [0, 0.05) is 5.02 Å². The number of hydrogen-bond donors (Lipinski definition) is 1. The van der Waals surface area contributed by atoms with Gasteiger partial charge in [-0.3, -0.25) is 0 Å². The smallest absolute Gasteiger partial charge is 0.420 e. The Morgan fingerprint density at radius 3 is 2.42 bits per heavy atom. The summed E-state index contributed by atoms with van der Waals surface area (Å²) >= 11 is 5.83. The fourth-order valence-electron chi connectivity index (χ4n) is 2.49. The van der Waals surface area contributed by atoms with Gasteiger partial charge in [-0.25, -0.2) is 0 Å². The SMILES string of the molecule is COc1c(C2CCNCC2)cc(Cl)cc1C(F)(F)F. The Bertz CT molecular complexity index is 456. The number of alkyl halides is 3. The molecule has 0 radical (unpaired) electrons. The van der Waals surface area contributed by atoms with Crippen LogP contribution in [0.15, 0.2) is 12.1 Å². The summed E-state index contributed by atoms with van der Waals surface area (Å²) in [6.07, 6.45) is -2.89. The van der Waals surface area contributed by atoms with Crippen molar-refractivity contribution in [2.24, 2.45) is 0 Å². The van der Waals surface area contributed by atoms with Gasteiger partial charge in [-0.05, 0) is 49.5 Å². The number of piperidine rings is 1. The van der Waals surface area contributed by atoms with Gasteiger partial charge in [-0.1, -0.05) is 11.6 Å². The van der Waals surface area contributed by atoms with E-state index in [1.165, 1.54) is 7.11 Å². The Morgan fingerprint density at radius 2 is 1.89 bits per heavy atom. The maximum Gasteiger partial charge on any atom is 0.420 e. The van der Waals surface area contributed by atoms with Gasteiger partial charge in [0.1, 0.15) is 5.75 Å². The standard InChI is InChI=1S/C13H15ClF3NO/c1-19-12-10(8-2-4-18-5-3-8)6-9(14)7-11(12)13(15,16)17/h6-8,18H,2-5H2,1H3. The van der Waals surface area contributed by atoms with Crippen LogP contribution in [0.5, 0.6) is 5.75 Å². The van der Waals surface area contributed by atoms with E-state index in [0.717, 1.165) is 32.0 Å². The number of nitrogens with one attached hydrogen (secondary N) is 1. The molecule has 1 fully saturated rings. The molecule has 1 saturated heterocycles. The minimum absolute atomic E-state index is 0.0519. The first-order chi connectivity index (χ1) is 8.93. The summed E-state index contributed by atoms with van der Waals surface area (Å²) in [5.74, 6) is -0.0419. The summed E-state index contributed by atoms with van der Waals surface area (Å²) in [6, 6.07) is 2.51. The van der Waals surface area contributed by atoms with Gasteiger partial charge in [0.05, 0.1) is 12.7 Å². The third-order valence-corrected chi connectivity index (χ3v) is 3.59. The van der Waals surface area contributed by atoms with Crippen LogP contribution in [0.1, 0.15) is 29.9 Å². The summed E-state index contributed by atoms with van der Waals surface area (Å²) in [5, 5.41) is 3.28. The van der Waals surface area contributed by atoms with Gasteiger partial charge in [0.15, 0.2) is 0 Å². The molecule has 2 nitrogen and oxygen atoms in total. The van der Waals surface area contributed by atoms with Gasteiger partial charge in [0.2, 0.25) is 0 Å². The van der Waals surface area contributed by atoms with Gasteiger partial charge < -0.3 is 10.1 Å². The molecule has 1 heterocycles. The molecule has 0 aromatic heterocycles. The molecule has 1 aliphatic heterocycles. The zero-order chi connectivity index (χ0) is 14.0. The lowest BCUT2D eigenvalue weighted by Gasteiger charge is -2.26. The Kier molecular flexibility index (Phi) is 4.26. The lowest BCUT2D eigenvalue weighted by molar-refractivity contribution is -0.138. The van der Waals surface area contributed by atoms with Crippen molar-refractivity contribution in [3.63, 3.8) is 0 Å². The van der Waals surface area contributed by atoms with E-state index in [-0.39, 0.29) is 16.7 Å². The number of ether oxygens (including phenoxy) is 1. The van der Waals surface area contributed by atoms with Crippen molar-refractivity contribution in [3.8, 4) is 5.75 Å². The number of hydrogen-bond acceptors (Lipinski definition) is 2. The Morgan fingerprint density at radius 1 is 1.26 bits per heavy atom. The van der Waals surface area contributed by atoms with E-state index in [1.54, 1.807) is 6.07 Å². The van der Waals surface area contributed by atoms with Crippen LogP contribution in [0, 0.1) is 0 Å². The van der Waals surface area contributed by atoms with Crippen LogP contribution in [-0.2, 0) is 6.18 Å². The average Bonchev–Trinajstić information content (AvgIpc) is 2.37. The van der Waals surface area contributed by atoms with E-state index < -0.39 is 11.7 Å². The van der Waals surface area contributed by atoms with Crippen LogP contribution >= 0.6 is 11.6 Å². The molecule has 0 amide bonds.